The maximum atomic E-state index is 11.3. The Balaban J connectivity index is 2.34. The van der Waals surface area contributed by atoms with E-state index in [4.69, 9.17) is 4.74 Å². The first-order chi connectivity index (χ1) is 7.22. The fraction of sp³-hybridized carbons (Fsp3) is 0.417. The van der Waals surface area contributed by atoms with Gasteiger partial charge in [0.15, 0.2) is 0 Å². The van der Waals surface area contributed by atoms with Gasteiger partial charge in [-0.2, -0.15) is 0 Å². The van der Waals surface area contributed by atoms with E-state index in [9.17, 15) is 4.79 Å². The van der Waals surface area contributed by atoms with E-state index in [0.29, 0.717) is 13.0 Å². The van der Waals surface area contributed by atoms with Crippen molar-refractivity contribution in [2.45, 2.75) is 26.2 Å². The van der Waals surface area contributed by atoms with Crippen molar-refractivity contribution in [2.24, 2.45) is 0 Å². The quantitative estimate of drug-likeness (QED) is 0.473. The molecule has 1 rings (SSSR count). The van der Waals surface area contributed by atoms with Gasteiger partial charge in [-0.05, 0) is 46.7 Å². The number of hydrogen-bond acceptors (Lipinski definition) is 2. The molecule has 3 heteroatoms. The van der Waals surface area contributed by atoms with Gasteiger partial charge in [0.1, 0.15) is 0 Å². The van der Waals surface area contributed by atoms with Crippen LogP contribution in [-0.2, 0) is 16.0 Å². The van der Waals surface area contributed by atoms with Crippen LogP contribution in [0, 0.1) is 3.57 Å². The molecule has 0 aliphatic rings. The predicted octanol–water partition coefficient (Wildman–Crippen LogP) is 3.18. The van der Waals surface area contributed by atoms with Crippen molar-refractivity contribution in [1.29, 1.82) is 0 Å². The summed E-state index contributed by atoms with van der Waals surface area (Å²) in [5.41, 5.74) is 1.01. The Morgan fingerprint density at radius 1 is 1.33 bits per heavy atom. The first kappa shape index (κ1) is 12.5. The number of esters is 1. The molecule has 0 fully saturated rings. The number of hydrogen-bond donors (Lipinski definition) is 0. The van der Waals surface area contributed by atoms with E-state index in [1.54, 1.807) is 0 Å². The van der Waals surface area contributed by atoms with Crippen LogP contribution in [0.2, 0.25) is 0 Å². The van der Waals surface area contributed by atoms with Crippen LogP contribution >= 0.6 is 22.6 Å². The van der Waals surface area contributed by atoms with Crippen LogP contribution in [0.25, 0.3) is 0 Å². The zero-order valence-corrected chi connectivity index (χ0v) is 11.0. The summed E-state index contributed by atoms with van der Waals surface area (Å²) >= 11 is 2.24. The molecule has 0 N–H and O–H groups in total. The van der Waals surface area contributed by atoms with Crippen molar-refractivity contribution in [3.8, 4) is 0 Å². The number of rotatable bonds is 5. The van der Waals surface area contributed by atoms with Crippen molar-refractivity contribution in [3.63, 3.8) is 0 Å². The van der Waals surface area contributed by atoms with E-state index in [1.807, 2.05) is 24.3 Å². The summed E-state index contributed by atoms with van der Waals surface area (Å²) in [4.78, 5) is 11.3. The molecule has 0 atom stereocenters. The topological polar surface area (TPSA) is 26.3 Å². The monoisotopic (exact) mass is 318 g/mol. The van der Waals surface area contributed by atoms with Gasteiger partial charge in [0, 0.05) is 3.57 Å². The molecule has 82 valence electrons. The third-order valence-electron chi connectivity index (χ3n) is 2.02. The Kier molecular flexibility index (Phi) is 5.68. The Hall–Kier alpha value is -0.580. The van der Waals surface area contributed by atoms with E-state index in [-0.39, 0.29) is 5.97 Å². The minimum Gasteiger partial charge on any atom is -0.465 e. The molecular formula is C12H15IO2. The van der Waals surface area contributed by atoms with Crippen LogP contribution in [0.1, 0.15) is 25.3 Å². The average Bonchev–Trinajstić information content (AvgIpc) is 2.22. The van der Waals surface area contributed by atoms with Gasteiger partial charge in [-0.1, -0.05) is 25.5 Å². The maximum Gasteiger partial charge on any atom is 0.310 e. The third-order valence-corrected chi connectivity index (χ3v) is 2.74. The van der Waals surface area contributed by atoms with Gasteiger partial charge in [-0.25, -0.2) is 0 Å². The standard InChI is InChI=1S/C12H15IO2/c1-2-3-8-15-12(14)9-10-4-6-11(13)7-5-10/h4-7H,2-3,8-9H2,1H3. The minimum absolute atomic E-state index is 0.135. The highest BCUT2D eigenvalue weighted by Gasteiger charge is 2.03. The van der Waals surface area contributed by atoms with Crippen molar-refractivity contribution in [1.82, 2.24) is 0 Å². The van der Waals surface area contributed by atoms with Crippen molar-refractivity contribution < 1.29 is 9.53 Å². The summed E-state index contributed by atoms with van der Waals surface area (Å²) < 4.78 is 6.25. The Morgan fingerprint density at radius 3 is 2.60 bits per heavy atom. The van der Waals surface area contributed by atoms with Crippen molar-refractivity contribution in [2.75, 3.05) is 6.61 Å². The molecule has 0 spiro atoms. The van der Waals surface area contributed by atoms with Crippen LogP contribution in [0.5, 0.6) is 0 Å². The lowest BCUT2D eigenvalue weighted by molar-refractivity contribution is -0.142. The lowest BCUT2D eigenvalue weighted by atomic mass is 10.2. The van der Waals surface area contributed by atoms with E-state index < -0.39 is 0 Å². The number of benzene rings is 1. The van der Waals surface area contributed by atoms with Crippen molar-refractivity contribution >= 4 is 28.6 Å². The van der Waals surface area contributed by atoms with Crippen LogP contribution in [0.3, 0.4) is 0 Å². The Labute approximate surface area is 104 Å². The highest BCUT2D eigenvalue weighted by molar-refractivity contribution is 14.1. The molecule has 15 heavy (non-hydrogen) atoms. The second-order valence-electron chi connectivity index (χ2n) is 3.38. The van der Waals surface area contributed by atoms with Crippen LogP contribution in [0.4, 0.5) is 0 Å². The zero-order valence-electron chi connectivity index (χ0n) is 8.83. The van der Waals surface area contributed by atoms with Gasteiger partial charge in [0.05, 0.1) is 13.0 Å². The molecule has 0 radical (unpaired) electrons. The van der Waals surface area contributed by atoms with Crippen LogP contribution in [-0.4, -0.2) is 12.6 Å². The zero-order chi connectivity index (χ0) is 11.1. The second-order valence-corrected chi connectivity index (χ2v) is 4.62. The number of ether oxygens (including phenoxy) is 1. The molecule has 0 saturated carbocycles. The van der Waals surface area contributed by atoms with E-state index >= 15 is 0 Å². The molecule has 0 aromatic heterocycles. The summed E-state index contributed by atoms with van der Waals surface area (Å²) in [5, 5.41) is 0. The normalized spacial score (nSPS) is 10.0. The molecule has 0 aliphatic heterocycles. The molecule has 0 heterocycles. The lowest BCUT2D eigenvalue weighted by Crippen LogP contribution is -2.08. The first-order valence-electron chi connectivity index (χ1n) is 5.12. The molecule has 0 bridgehead atoms. The fourth-order valence-electron chi connectivity index (χ4n) is 1.15. The van der Waals surface area contributed by atoms with E-state index in [1.165, 1.54) is 3.57 Å². The van der Waals surface area contributed by atoms with Crippen LogP contribution < -0.4 is 0 Å². The Morgan fingerprint density at radius 2 is 2.00 bits per heavy atom. The highest BCUT2D eigenvalue weighted by Crippen LogP contribution is 2.07. The molecule has 0 unspecified atom stereocenters. The average molecular weight is 318 g/mol. The van der Waals surface area contributed by atoms with Gasteiger partial charge in [-0.15, -0.1) is 0 Å². The largest absolute Gasteiger partial charge is 0.465 e. The summed E-state index contributed by atoms with van der Waals surface area (Å²) in [7, 11) is 0. The molecule has 1 aromatic carbocycles. The predicted molar refractivity (Wildman–Crippen MR) is 68.7 cm³/mol. The summed E-state index contributed by atoms with van der Waals surface area (Å²) in [6.07, 6.45) is 2.37. The second kappa shape index (κ2) is 6.82. The van der Waals surface area contributed by atoms with Gasteiger partial charge >= 0.3 is 5.97 Å². The van der Waals surface area contributed by atoms with Crippen LogP contribution in [0.15, 0.2) is 24.3 Å². The summed E-state index contributed by atoms with van der Waals surface area (Å²) in [6.45, 7) is 2.62. The number of carbonyl (C=O) groups excluding carboxylic acids is 1. The molecule has 0 aliphatic carbocycles. The van der Waals surface area contributed by atoms with E-state index in [0.717, 1.165) is 18.4 Å². The fourth-order valence-corrected chi connectivity index (χ4v) is 1.51. The molecular weight excluding hydrogens is 303 g/mol. The van der Waals surface area contributed by atoms with Gasteiger partial charge in [-0.3, -0.25) is 4.79 Å². The molecule has 2 nitrogen and oxygen atoms in total. The van der Waals surface area contributed by atoms with Crippen molar-refractivity contribution in [3.05, 3.63) is 33.4 Å². The smallest absolute Gasteiger partial charge is 0.310 e. The Bertz CT molecular complexity index is 306. The highest BCUT2D eigenvalue weighted by atomic mass is 127. The lowest BCUT2D eigenvalue weighted by Gasteiger charge is -2.03. The molecule has 0 saturated heterocycles. The number of carbonyl (C=O) groups is 1. The van der Waals surface area contributed by atoms with Gasteiger partial charge in [0.2, 0.25) is 0 Å². The maximum absolute atomic E-state index is 11.3. The molecule has 1 aromatic rings. The van der Waals surface area contributed by atoms with Gasteiger partial charge in [0.25, 0.3) is 0 Å². The summed E-state index contributed by atoms with van der Waals surface area (Å²) in [6, 6.07) is 7.91. The third kappa shape index (κ3) is 5.16. The SMILES string of the molecule is CCCCOC(=O)Cc1ccc(I)cc1. The van der Waals surface area contributed by atoms with Gasteiger partial charge < -0.3 is 4.74 Å². The first-order valence-corrected chi connectivity index (χ1v) is 6.20. The minimum atomic E-state index is -0.135. The summed E-state index contributed by atoms with van der Waals surface area (Å²) in [5.74, 6) is -0.135. The van der Waals surface area contributed by atoms with E-state index in [2.05, 4.69) is 29.5 Å². The number of unbranched alkanes of at least 4 members (excludes halogenated alkanes) is 1. The molecule has 0 amide bonds. The number of halogens is 1.